The quantitative estimate of drug-likeness (QED) is 0.729. The molecule has 0 bridgehead atoms. The van der Waals surface area contributed by atoms with E-state index >= 15 is 0 Å². The Morgan fingerprint density at radius 2 is 2.00 bits per heavy atom. The van der Waals surface area contributed by atoms with Crippen molar-refractivity contribution in [3.05, 3.63) is 0 Å². The Morgan fingerprint density at radius 1 is 1.47 bits per heavy atom. The predicted octanol–water partition coefficient (Wildman–Crippen LogP) is 0.276. The largest absolute Gasteiger partial charge is 0.368 e. The highest BCUT2D eigenvalue weighted by atomic mass is 16.1. The lowest BCUT2D eigenvalue weighted by Crippen LogP contribution is -2.50. The van der Waals surface area contributed by atoms with Crippen molar-refractivity contribution in [2.45, 2.75) is 38.3 Å². The Kier molecular flexibility index (Phi) is 4.54. The van der Waals surface area contributed by atoms with E-state index < -0.39 is 0 Å². The summed E-state index contributed by atoms with van der Waals surface area (Å²) in [5.41, 5.74) is 5.38. The number of hydrogen-bond donors (Lipinski definition) is 1. The minimum Gasteiger partial charge on any atom is -0.368 e. The fraction of sp³-hybridized carbons (Fsp3) is 0.909. The Balaban J connectivity index is 2.45. The maximum absolute atomic E-state index is 11.2. The molecule has 1 heterocycles. The zero-order valence-corrected chi connectivity index (χ0v) is 10.1. The van der Waals surface area contributed by atoms with Gasteiger partial charge in [-0.25, -0.2) is 0 Å². The van der Waals surface area contributed by atoms with E-state index in [1.54, 1.807) is 0 Å². The third-order valence-corrected chi connectivity index (χ3v) is 3.39. The first-order valence-corrected chi connectivity index (χ1v) is 5.76. The smallest absolute Gasteiger partial charge is 0.234 e. The van der Waals surface area contributed by atoms with E-state index in [0.717, 1.165) is 32.4 Å². The van der Waals surface area contributed by atoms with Crippen LogP contribution >= 0.6 is 0 Å². The molecule has 1 fully saturated rings. The van der Waals surface area contributed by atoms with E-state index in [0.29, 0.717) is 6.04 Å². The van der Waals surface area contributed by atoms with Gasteiger partial charge in [-0.05, 0) is 33.4 Å². The average molecular weight is 213 g/mol. The van der Waals surface area contributed by atoms with Gasteiger partial charge in [-0.2, -0.15) is 0 Å². The van der Waals surface area contributed by atoms with E-state index in [1.165, 1.54) is 0 Å². The fourth-order valence-electron chi connectivity index (χ4n) is 2.35. The first-order chi connectivity index (χ1) is 7.06. The Morgan fingerprint density at radius 3 is 2.33 bits per heavy atom. The number of rotatable bonds is 4. The molecule has 0 aromatic rings. The van der Waals surface area contributed by atoms with Crippen molar-refractivity contribution in [3.8, 4) is 0 Å². The summed E-state index contributed by atoms with van der Waals surface area (Å²) in [5, 5.41) is 0. The lowest BCUT2D eigenvalue weighted by Gasteiger charge is -2.38. The van der Waals surface area contributed by atoms with Crippen LogP contribution in [0.5, 0.6) is 0 Å². The van der Waals surface area contributed by atoms with E-state index in [9.17, 15) is 4.79 Å². The van der Waals surface area contributed by atoms with Gasteiger partial charge in [0.2, 0.25) is 5.91 Å². The van der Waals surface area contributed by atoms with Gasteiger partial charge in [0.05, 0.1) is 6.04 Å². The number of carbonyl (C=O) groups is 1. The molecule has 1 unspecified atom stereocenters. The number of primary amides is 1. The van der Waals surface area contributed by atoms with Crippen LogP contribution in [-0.4, -0.2) is 55.0 Å². The molecule has 2 N–H and O–H groups in total. The van der Waals surface area contributed by atoms with Crippen molar-refractivity contribution in [2.24, 2.45) is 5.73 Å². The fourth-order valence-corrected chi connectivity index (χ4v) is 2.35. The molecule has 1 saturated heterocycles. The van der Waals surface area contributed by atoms with Gasteiger partial charge in [0.1, 0.15) is 0 Å². The molecule has 0 aromatic carbocycles. The van der Waals surface area contributed by atoms with Crippen LogP contribution in [0, 0.1) is 0 Å². The number of amides is 1. The van der Waals surface area contributed by atoms with Crippen molar-refractivity contribution in [3.63, 3.8) is 0 Å². The summed E-state index contributed by atoms with van der Waals surface area (Å²) in [6.45, 7) is 4.00. The molecule has 0 aliphatic carbocycles. The predicted molar refractivity (Wildman–Crippen MR) is 61.6 cm³/mol. The SMILES string of the molecule is CCC(C(N)=O)N1CCC(N(C)C)CC1. The van der Waals surface area contributed by atoms with Crippen LogP contribution in [0.2, 0.25) is 0 Å². The average Bonchev–Trinajstić information content (AvgIpc) is 2.19. The number of likely N-dealkylation sites (tertiary alicyclic amines) is 1. The number of piperidine rings is 1. The van der Waals surface area contributed by atoms with E-state index in [-0.39, 0.29) is 11.9 Å². The second kappa shape index (κ2) is 5.47. The molecule has 4 nitrogen and oxygen atoms in total. The van der Waals surface area contributed by atoms with Gasteiger partial charge in [-0.3, -0.25) is 9.69 Å². The highest BCUT2D eigenvalue weighted by molar-refractivity contribution is 5.79. The highest BCUT2D eigenvalue weighted by Gasteiger charge is 2.27. The second-order valence-corrected chi connectivity index (χ2v) is 4.56. The molecule has 1 atom stereocenters. The minimum absolute atomic E-state index is 0.0619. The summed E-state index contributed by atoms with van der Waals surface area (Å²) >= 11 is 0. The summed E-state index contributed by atoms with van der Waals surface area (Å²) in [7, 11) is 4.23. The second-order valence-electron chi connectivity index (χ2n) is 4.56. The Bertz CT molecular complexity index is 210. The molecule has 1 amide bonds. The molecule has 0 radical (unpaired) electrons. The van der Waals surface area contributed by atoms with Gasteiger partial charge >= 0.3 is 0 Å². The molecule has 1 aliphatic heterocycles. The van der Waals surface area contributed by atoms with E-state index in [1.807, 2.05) is 6.92 Å². The van der Waals surface area contributed by atoms with Crippen LogP contribution in [0.1, 0.15) is 26.2 Å². The lowest BCUT2D eigenvalue weighted by molar-refractivity contribution is -0.124. The van der Waals surface area contributed by atoms with Crippen LogP contribution in [-0.2, 0) is 4.79 Å². The van der Waals surface area contributed by atoms with Crippen LogP contribution in [0.3, 0.4) is 0 Å². The Labute approximate surface area is 92.4 Å². The third-order valence-electron chi connectivity index (χ3n) is 3.39. The molecule has 15 heavy (non-hydrogen) atoms. The van der Waals surface area contributed by atoms with Gasteiger partial charge in [0, 0.05) is 19.1 Å². The third kappa shape index (κ3) is 3.18. The summed E-state index contributed by atoms with van der Waals surface area (Å²) in [6.07, 6.45) is 3.09. The van der Waals surface area contributed by atoms with Gasteiger partial charge in [0.25, 0.3) is 0 Å². The topological polar surface area (TPSA) is 49.6 Å². The van der Waals surface area contributed by atoms with E-state index in [2.05, 4.69) is 23.9 Å². The zero-order chi connectivity index (χ0) is 11.4. The van der Waals surface area contributed by atoms with Crippen molar-refractivity contribution in [1.29, 1.82) is 0 Å². The summed E-state index contributed by atoms with van der Waals surface area (Å²) in [4.78, 5) is 15.7. The molecule has 0 aromatic heterocycles. The van der Waals surface area contributed by atoms with Crippen molar-refractivity contribution in [1.82, 2.24) is 9.80 Å². The number of nitrogens with two attached hydrogens (primary N) is 1. The molecule has 1 aliphatic rings. The number of hydrogen-bond acceptors (Lipinski definition) is 3. The molecule has 1 rings (SSSR count). The maximum atomic E-state index is 11.2. The number of carbonyl (C=O) groups excluding carboxylic acids is 1. The highest BCUT2D eigenvalue weighted by Crippen LogP contribution is 2.17. The lowest BCUT2D eigenvalue weighted by atomic mass is 10.0. The molecule has 0 saturated carbocycles. The molecule has 0 spiro atoms. The van der Waals surface area contributed by atoms with Crippen molar-refractivity contribution in [2.75, 3.05) is 27.2 Å². The molecular formula is C11H23N3O. The Hall–Kier alpha value is -0.610. The van der Waals surface area contributed by atoms with Gasteiger partial charge in [0.15, 0.2) is 0 Å². The first kappa shape index (κ1) is 12.5. The monoisotopic (exact) mass is 213 g/mol. The normalized spacial score (nSPS) is 21.9. The van der Waals surface area contributed by atoms with Gasteiger partial charge < -0.3 is 10.6 Å². The first-order valence-electron chi connectivity index (χ1n) is 5.76. The molecular weight excluding hydrogens is 190 g/mol. The molecule has 88 valence electrons. The van der Waals surface area contributed by atoms with Crippen LogP contribution in [0.4, 0.5) is 0 Å². The van der Waals surface area contributed by atoms with Gasteiger partial charge in [-0.15, -0.1) is 0 Å². The van der Waals surface area contributed by atoms with E-state index in [4.69, 9.17) is 5.73 Å². The van der Waals surface area contributed by atoms with Crippen molar-refractivity contribution >= 4 is 5.91 Å². The van der Waals surface area contributed by atoms with Crippen molar-refractivity contribution < 1.29 is 4.79 Å². The maximum Gasteiger partial charge on any atom is 0.234 e. The van der Waals surface area contributed by atoms with Crippen LogP contribution in [0.15, 0.2) is 0 Å². The zero-order valence-electron chi connectivity index (χ0n) is 10.1. The number of nitrogens with zero attached hydrogens (tertiary/aromatic N) is 2. The summed E-state index contributed by atoms with van der Waals surface area (Å²) in [5.74, 6) is -0.180. The standard InChI is InChI=1S/C11H23N3O/c1-4-10(11(12)15)14-7-5-9(6-8-14)13(2)3/h9-10H,4-8H2,1-3H3,(H2,12,15). The molecule has 4 heteroatoms. The summed E-state index contributed by atoms with van der Waals surface area (Å²) < 4.78 is 0. The van der Waals surface area contributed by atoms with Crippen LogP contribution in [0.25, 0.3) is 0 Å². The van der Waals surface area contributed by atoms with Crippen LogP contribution < -0.4 is 5.73 Å². The summed E-state index contributed by atoms with van der Waals surface area (Å²) in [6, 6.07) is 0.597. The van der Waals surface area contributed by atoms with Gasteiger partial charge in [-0.1, -0.05) is 6.92 Å². The minimum atomic E-state index is -0.180.